The van der Waals surface area contributed by atoms with Crippen molar-refractivity contribution in [1.82, 2.24) is 10.4 Å². The highest BCUT2D eigenvalue weighted by atomic mass is 32.2. The molecular weight excluding hydrogens is 288 g/mol. The monoisotopic (exact) mass is 302 g/mol. The van der Waals surface area contributed by atoms with E-state index in [2.05, 4.69) is 5.43 Å². The number of thioether (sulfide) groups is 1. The number of allylic oxidation sites excluding steroid dienone is 2. The molecule has 21 heavy (non-hydrogen) atoms. The van der Waals surface area contributed by atoms with E-state index in [1.54, 1.807) is 6.08 Å². The van der Waals surface area contributed by atoms with Gasteiger partial charge < -0.3 is 0 Å². The third-order valence-corrected chi connectivity index (χ3v) is 3.49. The smallest absolute Gasteiger partial charge is 0.274 e. The highest BCUT2D eigenvalue weighted by Gasteiger charge is 2.35. The van der Waals surface area contributed by atoms with Gasteiger partial charge in [-0.15, -0.1) is 0 Å². The molecule has 1 aliphatic rings. The Labute approximate surface area is 126 Å². The first-order valence-electron chi connectivity index (χ1n) is 6.26. The maximum Gasteiger partial charge on any atom is 0.312 e. The predicted molar refractivity (Wildman–Crippen MR) is 81.8 cm³/mol. The lowest BCUT2D eigenvalue weighted by Crippen LogP contribution is -2.43. The Kier molecular flexibility index (Phi) is 4.59. The van der Waals surface area contributed by atoms with E-state index in [9.17, 15) is 14.4 Å². The molecule has 6 heteroatoms. The highest BCUT2D eigenvalue weighted by Crippen LogP contribution is 2.30. The summed E-state index contributed by atoms with van der Waals surface area (Å²) in [5.41, 5.74) is 4.06. The molecule has 3 amide bonds. The minimum atomic E-state index is -0.513. The fraction of sp³-hybridized carbons (Fsp3) is 0.133. The number of hydrogen-bond acceptors (Lipinski definition) is 4. The molecule has 1 aromatic rings. The van der Waals surface area contributed by atoms with E-state index in [1.807, 2.05) is 43.3 Å². The fourth-order valence-corrected chi connectivity index (χ4v) is 2.61. The van der Waals surface area contributed by atoms with Crippen LogP contribution in [0.4, 0.5) is 4.79 Å². The van der Waals surface area contributed by atoms with Gasteiger partial charge in [0.05, 0.1) is 4.91 Å². The lowest BCUT2D eigenvalue weighted by Gasteiger charge is -2.11. The average molecular weight is 302 g/mol. The molecule has 0 unspecified atom stereocenters. The third kappa shape index (κ3) is 3.82. The summed E-state index contributed by atoms with van der Waals surface area (Å²) in [6.07, 6.45) is 3.55. The van der Waals surface area contributed by atoms with E-state index >= 15 is 0 Å². The molecule has 1 heterocycles. The van der Waals surface area contributed by atoms with Crippen LogP contribution in [-0.4, -0.2) is 22.1 Å². The molecule has 1 saturated heterocycles. The van der Waals surface area contributed by atoms with Crippen molar-refractivity contribution in [3.05, 3.63) is 52.4 Å². The van der Waals surface area contributed by atoms with Gasteiger partial charge in [0, 0.05) is 6.92 Å². The van der Waals surface area contributed by atoms with Crippen molar-refractivity contribution < 1.29 is 14.4 Å². The molecule has 5 nitrogen and oxygen atoms in total. The number of amides is 3. The van der Waals surface area contributed by atoms with E-state index in [4.69, 9.17) is 0 Å². The Morgan fingerprint density at radius 2 is 1.86 bits per heavy atom. The maximum atomic E-state index is 12.0. The first-order chi connectivity index (χ1) is 9.97. The van der Waals surface area contributed by atoms with Gasteiger partial charge in [-0.1, -0.05) is 36.4 Å². The molecule has 0 aromatic heterocycles. The van der Waals surface area contributed by atoms with Gasteiger partial charge in [-0.05, 0) is 35.9 Å². The molecule has 1 aromatic carbocycles. The van der Waals surface area contributed by atoms with Crippen molar-refractivity contribution in [1.29, 1.82) is 0 Å². The van der Waals surface area contributed by atoms with Gasteiger partial charge in [-0.2, -0.15) is 5.01 Å². The van der Waals surface area contributed by atoms with Gasteiger partial charge in [0.1, 0.15) is 0 Å². The van der Waals surface area contributed by atoms with Crippen LogP contribution in [0.25, 0.3) is 6.08 Å². The summed E-state index contributed by atoms with van der Waals surface area (Å²) in [7, 11) is 0. The lowest BCUT2D eigenvalue weighted by molar-refractivity contribution is -0.132. The van der Waals surface area contributed by atoms with E-state index in [-0.39, 0.29) is 0 Å². The minimum absolute atomic E-state index is 0.290. The molecule has 0 radical (unpaired) electrons. The Bertz CT molecular complexity index is 650. The van der Waals surface area contributed by atoms with E-state index in [0.717, 1.165) is 27.9 Å². The van der Waals surface area contributed by atoms with Gasteiger partial charge in [0.2, 0.25) is 5.91 Å². The second-order valence-electron chi connectivity index (χ2n) is 4.48. The normalized spacial score (nSPS) is 17.5. The molecule has 0 bridgehead atoms. The van der Waals surface area contributed by atoms with Gasteiger partial charge in [0.15, 0.2) is 0 Å². The van der Waals surface area contributed by atoms with E-state index in [0.29, 0.717) is 4.91 Å². The summed E-state index contributed by atoms with van der Waals surface area (Å²) in [6, 6.07) is 9.65. The number of rotatable bonds is 3. The van der Waals surface area contributed by atoms with Crippen LogP contribution < -0.4 is 5.43 Å². The standard InChI is InChI=1S/C15H14N2O3S/c1-10(8-12-6-4-3-5-7-12)9-13-14(19)17(15(20)21-13)16-11(2)18/h3-9H,1-2H3,(H,16,18)/b10-8+,13-9-. The van der Waals surface area contributed by atoms with Crippen LogP contribution in [0, 0.1) is 0 Å². The molecule has 1 fully saturated rings. The molecule has 0 saturated carbocycles. The van der Waals surface area contributed by atoms with Crippen molar-refractivity contribution in [3.63, 3.8) is 0 Å². The van der Waals surface area contributed by atoms with Crippen LogP contribution in [0.5, 0.6) is 0 Å². The van der Waals surface area contributed by atoms with Crippen LogP contribution in [0.15, 0.2) is 46.9 Å². The van der Waals surface area contributed by atoms with Gasteiger partial charge in [0.25, 0.3) is 5.91 Å². The zero-order chi connectivity index (χ0) is 15.4. The van der Waals surface area contributed by atoms with Crippen molar-refractivity contribution in [3.8, 4) is 0 Å². The summed E-state index contributed by atoms with van der Waals surface area (Å²) in [4.78, 5) is 34.9. The number of benzene rings is 1. The predicted octanol–water partition coefficient (Wildman–Crippen LogP) is 2.72. The summed E-state index contributed by atoms with van der Waals surface area (Å²) < 4.78 is 0. The highest BCUT2D eigenvalue weighted by molar-refractivity contribution is 8.18. The second kappa shape index (κ2) is 6.41. The van der Waals surface area contributed by atoms with Crippen molar-refractivity contribution in [2.24, 2.45) is 0 Å². The molecule has 0 aliphatic carbocycles. The zero-order valence-corrected chi connectivity index (χ0v) is 12.4. The number of nitrogens with zero attached hydrogens (tertiary/aromatic N) is 1. The lowest BCUT2D eigenvalue weighted by atomic mass is 10.1. The second-order valence-corrected chi connectivity index (χ2v) is 5.48. The van der Waals surface area contributed by atoms with E-state index < -0.39 is 17.1 Å². The Hall–Kier alpha value is -2.34. The average Bonchev–Trinajstić information content (AvgIpc) is 2.67. The van der Waals surface area contributed by atoms with Crippen molar-refractivity contribution in [2.45, 2.75) is 13.8 Å². The van der Waals surface area contributed by atoms with Crippen molar-refractivity contribution >= 4 is 34.9 Å². The topological polar surface area (TPSA) is 66.5 Å². The molecule has 108 valence electrons. The molecule has 1 aliphatic heterocycles. The molecule has 2 rings (SSSR count). The molecule has 0 spiro atoms. The third-order valence-electron chi connectivity index (χ3n) is 2.62. The Balaban J connectivity index is 2.18. The molecule has 1 N–H and O–H groups in total. The fourth-order valence-electron chi connectivity index (χ4n) is 1.78. The summed E-state index contributed by atoms with van der Waals surface area (Å²) >= 11 is 0.806. The van der Waals surface area contributed by atoms with Gasteiger partial charge in [-0.25, -0.2) is 0 Å². The summed E-state index contributed by atoms with van der Waals surface area (Å²) in [5.74, 6) is -0.976. The van der Waals surface area contributed by atoms with Gasteiger partial charge in [-0.3, -0.25) is 19.8 Å². The first-order valence-corrected chi connectivity index (χ1v) is 7.07. The Morgan fingerprint density at radius 3 is 2.48 bits per heavy atom. The van der Waals surface area contributed by atoms with Crippen molar-refractivity contribution in [2.75, 3.05) is 0 Å². The Morgan fingerprint density at radius 1 is 1.19 bits per heavy atom. The quantitative estimate of drug-likeness (QED) is 0.872. The number of imide groups is 1. The minimum Gasteiger partial charge on any atom is -0.274 e. The number of hydrazine groups is 1. The number of carbonyl (C=O) groups excluding carboxylic acids is 3. The SMILES string of the molecule is CC(=O)NN1C(=O)S/C(=C\C(C)=C\c2ccccc2)C1=O. The number of hydrogen-bond donors (Lipinski definition) is 1. The largest absolute Gasteiger partial charge is 0.312 e. The van der Waals surface area contributed by atoms with Crippen LogP contribution in [0.1, 0.15) is 19.4 Å². The summed E-state index contributed by atoms with van der Waals surface area (Å²) in [6.45, 7) is 3.09. The molecular formula is C15H14N2O3S. The van der Waals surface area contributed by atoms with E-state index in [1.165, 1.54) is 6.92 Å². The van der Waals surface area contributed by atoms with Crippen LogP contribution in [0.3, 0.4) is 0 Å². The van der Waals surface area contributed by atoms with Crippen LogP contribution in [0.2, 0.25) is 0 Å². The molecule has 0 atom stereocenters. The van der Waals surface area contributed by atoms with Gasteiger partial charge >= 0.3 is 5.24 Å². The van der Waals surface area contributed by atoms with Crippen LogP contribution in [-0.2, 0) is 9.59 Å². The first kappa shape index (κ1) is 15.1. The maximum absolute atomic E-state index is 12.0. The van der Waals surface area contributed by atoms with Crippen LogP contribution >= 0.6 is 11.8 Å². The zero-order valence-electron chi connectivity index (χ0n) is 11.6. The number of nitrogens with one attached hydrogen (secondary N) is 1. The number of carbonyl (C=O) groups is 3. The summed E-state index contributed by atoms with van der Waals surface area (Å²) in [5, 5.41) is 0.225.